The zero-order valence-electron chi connectivity index (χ0n) is 23.9. The van der Waals surface area contributed by atoms with Crippen molar-refractivity contribution in [2.75, 3.05) is 20.2 Å². The summed E-state index contributed by atoms with van der Waals surface area (Å²) in [4.78, 5) is 28.2. The first kappa shape index (κ1) is 29.9. The summed E-state index contributed by atoms with van der Waals surface area (Å²) in [6.45, 7) is 2.40. The van der Waals surface area contributed by atoms with E-state index >= 15 is 0 Å². The highest BCUT2D eigenvalue weighted by molar-refractivity contribution is 5.96. The van der Waals surface area contributed by atoms with Crippen molar-refractivity contribution < 1.29 is 37.0 Å². The third-order valence-electron chi connectivity index (χ3n) is 8.74. The molecule has 1 N–H and O–H groups in total. The van der Waals surface area contributed by atoms with Gasteiger partial charge >= 0.3 is 12.3 Å². The second-order valence-corrected chi connectivity index (χ2v) is 11.6. The Morgan fingerprint density at radius 1 is 1.07 bits per heavy atom. The summed E-state index contributed by atoms with van der Waals surface area (Å²) in [5, 5.41) is 2.89. The second-order valence-electron chi connectivity index (χ2n) is 11.6. The fourth-order valence-electron chi connectivity index (χ4n) is 6.78. The zero-order valence-corrected chi connectivity index (χ0v) is 23.9. The lowest BCUT2D eigenvalue weighted by Crippen LogP contribution is -2.71. The molecular formula is C32H37F3N2O5. The third kappa shape index (κ3) is 6.59. The van der Waals surface area contributed by atoms with Crippen molar-refractivity contribution in [3.63, 3.8) is 0 Å². The van der Waals surface area contributed by atoms with Gasteiger partial charge in [-0.15, -0.1) is 13.2 Å². The molecule has 7 nitrogen and oxygen atoms in total. The van der Waals surface area contributed by atoms with Crippen LogP contribution >= 0.6 is 0 Å². The van der Waals surface area contributed by atoms with Crippen LogP contribution in [-0.2, 0) is 24.5 Å². The van der Waals surface area contributed by atoms with Gasteiger partial charge < -0.3 is 19.5 Å². The van der Waals surface area contributed by atoms with Gasteiger partial charge in [0.15, 0.2) is 5.76 Å². The molecule has 3 fully saturated rings. The minimum absolute atomic E-state index is 0.344. The van der Waals surface area contributed by atoms with Crippen molar-refractivity contribution in [2.45, 2.75) is 75.4 Å². The summed E-state index contributed by atoms with van der Waals surface area (Å²) in [7, 11) is 1.58. The number of methoxy groups -OCH3 is 1. The Morgan fingerprint density at radius 2 is 1.81 bits per heavy atom. The maximum Gasteiger partial charge on any atom is 0.573 e. The van der Waals surface area contributed by atoms with Crippen LogP contribution in [0.4, 0.5) is 13.2 Å². The molecule has 42 heavy (non-hydrogen) atoms. The van der Waals surface area contributed by atoms with Crippen LogP contribution in [0.5, 0.6) is 5.75 Å². The number of piperidine rings is 1. The molecule has 1 amide bonds. The predicted octanol–water partition coefficient (Wildman–Crippen LogP) is 5.94. The molecule has 2 aromatic carbocycles. The molecule has 1 heterocycles. The molecule has 1 aliphatic heterocycles. The van der Waals surface area contributed by atoms with Gasteiger partial charge in [0.1, 0.15) is 11.4 Å². The lowest BCUT2D eigenvalue weighted by Gasteiger charge is -2.60. The third-order valence-corrected chi connectivity index (χ3v) is 8.74. The van der Waals surface area contributed by atoms with E-state index in [2.05, 4.69) is 15.0 Å². The normalized spacial score (nSPS) is 26.6. The molecule has 0 radical (unpaired) electrons. The van der Waals surface area contributed by atoms with Crippen LogP contribution in [0, 0.1) is 5.92 Å². The summed E-state index contributed by atoms with van der Waals surface area (Å²) in [6.07, 6.45) is 0.913. The van der Waals surface area contributed by atoms with Crippen molar-refractivity contribution in [1.29, 1.82) is 0 Å². The van der Waals surface area contributed by atoms with Crippen molar-refractivity contribution >= 4 is 18.0 Å². The topological polar surface area (TPSA) is 77.1 Å². The van der Waals surface area contributed by atoms with E-state index in [-0.39, 0.29) is 5.97 Å². The van der Waals surface area contributed by atoms with Gasteiger partial charge in [-0.1, -0.05) is 48.9 Å². The van der Waals surface area contributed by atoms with Crippen molar-refractivity contribution in [3.05, 3.63) is 71.5 Å². The minimum atomic E-state index is -5.05. The van der Waals surface area contributed by atoms with Crippen LogP contribution in [0.3, 0.4) is 0 Å². The van der Waals surface area contributed by atoms with Gasteiger partial charge in [0.2, 0.25) is 0 Å². The van der Waals surface area contributed by atoms with Crippen LogP contribution in [-0.4, -0.2) is 55.1 Å². The van der Waals surface area contributed by atoms with Gasteiger partial charge in [-0.2, -0.15) is 0 Å². The highest BCUT2D eigenvalue weighted by atomic mass is 19.4. The number of fused-ring (bicyclic) bond motifs is 1. The van der Waals surface area contributed by atoms with Crippen LogP contribution in [0.25, 0.3) is 6.08 Å². The molecular weight excluding hydrogens is 549 g/mol. The van der Waals surface area contributed by atoms with Crippen molar-refractivity contribution in [1.82, 2.24) is 10.2 Å². The molecule has 10 heteroatoms. The van der Waals surface area contributed by atoms with Crippen molar-refractivity contribution in [2.24, 2.45) is 5.92 Å². The van der Waals surface area contributed by atoms with Crippen LogP contribution in [0.1, 0.15) is 63.0 Å². The standard InChI is InChI=1S/C32H37F3N2O5/c1-22(38)41-31-16-7-6-15-30(31,25-11-8-12-26(18-25)40-2)19-28(37(21-31)20-24-13-14-24)36-29(39)27(42-32(33,34)35)17-23-9-4-3-5-10-23/h3-5,8-12,17-18,24,28H,6-7,13-16,19-21H2,1-2H3,(H,36,39)/t28-,30-,31?/m0/s1. The largest absolute Gasteiger partial charge is 0.573 e. The number of esters is 1. The Hall–Kier alpha value is -3.53. The Balaban J connectivity index is 1.55. The smallest absolute Gasteiger partial charge is 0.497 e. The Kier molecular flexibility index (Phi) is 8.55. The molecule has 2 aliphatic carbocycles. The van der Waals surface area contributed by atoms with E-state index in [0.717, 1.165) is 37.3 Å². The predicted molar refractivity (Wildman–Crippen MR) is 150 cm³/mol. The molecule has 0 aromatic heterocycles. The number of hydrogen-bond acceptors (Lipinski definition) is 6. The van der Waals surface area contributed by atoms with Gasteiger partial charge in [0.05, 0.1) is 13.3 Å². The van der Waals surface area contributed by atoms with Gasteiger partial charge in [0.25, 0.3) is 5.91 Å². The number of ether oxygens (including phenoxy) is 3. The number of benzene rings is 2. The number of alkyl halides is 3. The Bertz CT molecular complexity index is 1310. The van der Waals surface area contributed by atoms with Crippen molar-refractivity contribution in [3.8, 4) is 5.75 Å². The first-order chi connectivity index (χ1) is 20.0. The fraction of sp³-hybridized carbons (Fsp3) is 0.500. The SMILES string of the molecule is COc1cccc([C@@]23CCCCC2(OC(C)=O)CN(CC2CC2)[C@H](NC(=O)C(=Cc2ccccc2)OC(F)(F)F)C3)c1. The molecule has 5 rings (SSSR count). The molecule has 1 unspecified atom stereocenters. The van der Waals surface area contributed by atoms with E-state index in [1.54, 1.807) is 37.4 Å². The number of carbonyl (C=O) groups excluding carboxylic acids is 2. The minimum Gasteiger partial charge on any atom is -0.497 e. The fourth-order valence-corrected chi connectivity index (χ4v) is 6.78. The van der Waals surface area contributed by atoms with E-state index in [0.29, 0.717) is 49.6 Å². The maximum atomic E-state index is 13.6. The summed E-state index contributed by atoms with van der Waals surface area (Å²) in [6, 6.07) is 15.9. The van der Waals surface area contributed by atoms with Gasteiger partial charge in [-0.3, -0.25) is 14.5 Å². The Labute approximate surface area is 244 Å². The number of hydrogen-bond donors (Lipinski definition) is 1. The van der Waals surface area contributed by atoms with Gasteiger partial charge in [0, 0.05) is 25.4 Å². The number of carbonyl (C=O) groups is 2. The van der Waals surface area contributed by atoms with E-state index in [4.69, 9.17) is 9.47 Å². The molecule has 3 aliphatic rings. The monoisotopic (exact) mass is 586 g/mol. The molecule has 2 saturated carbocycles. The van der Waals surface area contributed by atoms with Crippen LogP contribution < -0.4 is 10.1 Å². The molecule has 2 aromatic rings. The van der Waals surface area contributed by atoms with E-state index in [1.807, 2.05) is 24.3 Å². The molecule has 3 atom stereocenters. The summed E-state index contributed by atoms with van der Waals surface area (Å²) >= 11 is 0. The van der Waals surface area contributed by atoms with E-state index in [1.165, 1.54) is 6.92 Å². The van der Waals surface area contributed by atoms with Gasteiger partial charge in [-0.05, 0) is 73.8 Å². The highest BCUT2D eigenvalue weighted by Crippen LogP contribution is 2.55. The van der Waals surface area contributed by atoms with E-state index < -0.39 is 35.2 Å². The summed E-state index contributed by atoms with van der Waals surface area (Å²) < 4.78 is 56.3. The average molecular weight is 587 g/mol. The number of likely N-dealkylation sites (tertiary alicyclic amines) is 1. The first-order valence-corrected chi connectivity index (χ1v) is 14.4. The number of nitrogens with zero attached hydrogens (tertiary/aromatic N) is 1. The second kappa shape index (κ2) is 12.0. The molecule has 1 saturated heterocycles. The molecule has 226 valence electrons. The van der Waals surface area contributed by atoms with E-state index in [9.17, 15) is 22.8 Å². The summed E-state index contributed by atoms with van der Waals surface area (Å²) in [5.74, 6) is -1.12. The first-order valence-electron chi connectivity index (χ1n) is 14.4. The average Bonchev–Trinajstić information content (AvgIpc) is 3.76. The van der Waals surface area contributed by atoms with Crippen LogP contribution in [0.15, 0.2) is 60.4 Å². The number of amides is 1. The molecule has 0 bridgehead atoms. The highest BCUT2D eigenvalue weighted by Gasteiger charge is 2.61. The molecule has 0 spiro atoms. The number of rotatable bonds is 9. The lowest BCUT2D eigenvalue weighted by molar-refractivity contribution is -0.304. The number of halogens is 3. The summed E-state index contributed by atoms with van der Waals surface area (Å²) in [5.41, 5.74) is -0.248. The maximum absolute atomic E-state index is 13.6. The zero-order chi connectivity index (χ0) is 30.0. The number of nitrogens with one attached hydrogen (secondary N) is 1. The lowest BCUT2D eigenvalue weighted by atomic mass is 9.55. The van der Waals surface area contributed by atoms with Gasteiger partial charge in [-0.25, -0.2) is 0 Å². The van der Waals surface area contributed by atoms with Crippen LogP contribution in [0.2, 0.25) is 0 Å². The Morgan fingerprint density at radius 3 is 2.48 bits per heavy atom. The quantitative estimate of drug-likeness (QED) is 0.223.